The van der Waals surface area contributed by atoms with Crippen molar-refractivity contribution in [1.29, 1.82) is 0 Å². The van der Waals surface area contributed by atoms with Crippen molar-refractivity contribution < 1.29 is 13.3 Å². The van der Waals surface area contributed by atoms with Crippen molar-refractivity contribution in [3.63, 3.8) is 0 Å². The zero-order chi connectivity index (χ0) is 18.6. The Morgan fingerprint density at radius 2 is 1.42 bits per heavy atom. The second kappa shape index (κ2) is 7.94. The van der Waals surface area contributed by atoms with Gasteiger partial charge < -0.3 is 5.32 Å². The van der Waals surface area contributed by atoms with Crippen LogP contribution in [-0.4, -0.2) is 30.7 Å². The number of non-ortho nitro benzene ring substituents is 1. The van der Waals surface area contributed by atoms with Gasteiger partial charge in [-0.15, -0.1) is 0 Å². The molecule has 0 saturated carbocycles. The van der Waals surface area contributed by atoms with Crippen molar-refractivity contribution in [3.05, 3.63) is 69.8 Å². The van der Waals surface area contributed by atoms with Gasteiger partial charge in [-0.2, -0.15) is 4.31 Å². The Labute approximate surface area is 152 Å². The minimum Gasteiger partial charge on any atom is -0.309 e. The maximum Gasteiger partial charge on any atom is 0.269 e. The first-order valence-electron chi connectivity index (χ1n) is 8.50. The second-order valence-corrected chi connectivity index (χ2v) is 8.22. The van der Waals surface area contributed by atoms with Crippen LogP contribution >= 0.6 is 0 Å². The van der Waals surface area contributed by atoms with Crippen LogP contribution in [0.25, 0.3) is 0 Å². The average Bonchev–Trinajstić information content (AvgIpc) is 3.18. The number of rotatable bonds is 7. The molecule has 1 aliphatic heterocycles. The first kappa shape index (κ1) is 18.5. The molecule has 26 heavy (non-hydrogen) atoms. The number of nitro groups is 1. The van der Waals surface area contributed by atoms with Crippen molar-refractivity contribution >= 4 is 15.7 Å². The summed E-state index contributed by atoms with van der Waals surface area (Å²) in [4.78, 5) is 10.5. The molecule has 1 heterocycles. The Bertz CT molecular complexity index is 858. The van der Waals surface area contributed by atoms with E-state index in [1.54, 1.807) is 24.3 Å². The van der Waals surface area contributed by atoms with Crippen molar-refractivity contribution in [1.82, 2.24) is 9.62 Å². The van der Waals surface area contributed by atoms with Crippen LogP contribution in [0.2, 0.25) is 0 Å². The molecule has 138 valence electrons. The lowest BCUT2D eigenvalue weighted by Crippen LogP contribution is -2.27. The fourth-order valence-electron chi connectivity index (χ4n) is 2.94. The van der Waals surface area contributed by atoms with E-state index in [-0.39, 0.29) is 5.69 Å². The van der Waals surface area contributed by atoms with Gasteiger partial charge >= 0.3 is 0 Å². The standard InChI is InChI=1S/C18H21N3O4S/c22-21(23)17-7-3-15(4-8-17)13-19-14-16-5-9-18(10-6-16)26(24,25)20-11-1-2-12-20/h3-10,19H,1-2,11-14H2. The van der Waals surface area contributed by atoms with E-state index < -0.39 is 14.9 Å². The minimum absolute atomic E-state index is 0.0727. The van der Waals surface area contributed by atoms with E-state index >= 15 is 0 Å². The number of nitrogens with zero attached hydrogens (tertiary/aromatic N) is 2. The molecule has 1 aliphatic rings. The number of nitrogens with one attached hydrogen (secondary N) is 1. The van der Waals surface area contributed by atoms with E-state index in [2.05, 4.69) is 5.32 Å². The van der Waals surface area contributed by atoms with Gasteiger partial charge in [0, 0.05) is 38.3 Å². The second-order valence-electron chi connectivity index (χ2n) is 6.28. The molecule has 0 aromatic heterocycles. The van der Waals surface area contributed by atoms with E-state index in [9.17, 15) is 18.5 Å². The van der Waals surface area contributed by atoms with Crippen LogP contribution in [0.1, 0.15) is 24.0 Å². The lowest BCUT2D eigenvalue weighted by molar-refractivity contribution is -0.384. The molecule has 0 amide bonds. The van der Waals surface area contributed by atoms with E-state index in [0.717, 1.165) is 24.0 Å². The predicted octanol–water partition coefficient (Wildman–Crippen LogP) is 2.67. The van der Waals surface area contributed by atoms with Crippen LogP contribution in [0.5, 0.6) is 0 Å². The minimum atomic E-state index is -3.37. The molecular formula is C18H21N3O4S. The summed E-state index contributed by atoms with van der Waals surface area (Å²) in [6.07, 6.45) is 1.84. The first-order valence-corrected chi connectivity index (χ1v) is 9.94. The maximum atomic E-state index is 12.5. The van der Waals surface area contributed by atoms with Crippen molar-refractivity contribution in [2.24, 2.45) is 0 Å². The fourth-order valence-corrected chi connectivity index (χ4v) is 4.46. The van der Waals surface area contributed by atoms with Crippen molar-refractivity contribution in [3.8, 4) is 0 Å². The highest BCUT2D eigenvalue weighted by Gasteiger charge is 2.26. The Balaban J connectivity index is 1.55. The molecule has 0 aliphatic carbocycles. The zero-order valence-corrected chi connectivity index (χ0v) is 15.1. The normalized spacial score (nSPS) is 15.2. The molecule has 3 rings (SSSR count). The summed E-state index contributed by atoms with van der Waals surface area (Å²) in [6, 6.07) is 13.3. The molecule has 0 unspecified atom stereocenters. The fraction of sp³-hybridized carbons (Fsp3) is 0.333. The molecule has 1 saturated heterocycles. The Hall–Kier alpha value is -2.29. The maximum absolute atomic E-state index is 12.5. The molecule has 2 aromatic carbocycles. The molecule has 7 nitrogen and oxygen atoms in total. The lowest BCUT2D eigenvalue weighted by atomic mass is 10.2. The summed E-state index contributed by atoms with van der Waals surface area (Å²) in [5, 5.41) is 13.9. The molecule has 0 bridgehead atoms. The van der Waals surface area contributed by atoms with Gasteiger partial charge in [-0.25, -0.2) is 8.42 Å². The topological polar surface area (TPSA) is 92.5 Å². The number of hydrogen-bond acceptors (Lipinski definition) is 5. The summed E-state index contributed by atoms with van der Waals surface area (Å²) in [5.74, 6) is 0. The van der Waals surface area contributed by atoms with Gasteiger partial charge in [-0.1, -0.05) is 24.3 Å². The molecular weight excluding hydrogens is 354 g/mol. The van der Waals surface area contributed by atoms with Crippen LogP contribution in [0.15, 0.2) is 53.4 Å². The summed E-state index contributed by atoms with van der Waals surface area (Å²) in [7, 11) is -3.37. The lowest BCUT2D eigenvalue weighted by Gasteiger charge is -2.15. The first-order chi connectivity index (χ1) is 12.5. The van der Waals surface area contributed by atoms with Gasteiger partial charge in [-0.3, -0.25) is 10.1 Å². The third-order valence-corrected chi connectivity index (χ3v) is 6.34. The van der Waals surface area contributed by atoms with Crippen LogP contribution in [-0.2, 0) is 23.1 Å². The van der Waals surface area contributed by atoms with Gasteiger partial charge in [0.05, 0.1) is 9.82 Å². The van der Waals surface area contributed by atoms with Crippen LogP contribution in [0.3, 0.4) is 0 Å². The summed E-state index contributed by atoms with van der Waals surface area (Å²) in [6.45, 7) is 2.36. The van der Waals surface area contributed by atoms with Gasteiger partial charge in [0.1, 0.15) is 0 Å². The molecule has 0 radical (unpaired) electrons. The molecule has 1 N–H and O–H groups in total. The molecule has 2 aromatic rings. The summed E-state index contributed by atoms with van der Waals surface area (Å²) >= 11 is 0. The van der Waals surface area contributed by atoms with E-state index in [1.165, 1.54) is 16.4 Å². The average molecular weight is 375 g/mol. The largest absolute Gasteiger partial charge is 0.309 e. The molecule has 0 spiro atoms. The number of benzene rings is 2. The smallest absolute Gasteiger partial charge is 0.269 e. The van der Waals surface area contributed by atoms with Crippen LogP contribution in [0, 0.1) is 10.1 Å². The van der Waals surface area contributed by atoms with E-state index in [4.69, 9.17) is 0 Å². The third kappa shape index (κ3) is 4.27. The van der Waals surface area contributed by atoms with Crippen molar-refractivity contribution in [2.45, 2.75) is 30.8 Å². The Morgan fingerprint density at radius 3 is 1.92 bits per heavy atom. The quantitative estimate of drug-likeness (QED) is 0.593. The number of sulfonamides is 1. The van der Waals surface area contributed by atoms with Gasteiger partial charge in [0.25, 0.3) is 5.69 Å². The van der Waals surface area contributed by atoms with Gasteiger partial charge in [-0.05, 0) is 36.1 Å². The molecule has 8 heteroatoms. The molecule has 0 atom stereocenters. The Morgan fingerprint density at radius 1 is 0.923 bits per heavy atom. The van der Waals surface area contributed by atoms with Crippen molar-refractivity contribution in [2.75, 3.05) is 13.1 Å². The van der Waals surface area contributed by atoms with E-state index in [0.29, 0.717) is 31.1 Å². The SMILES string of the molecule is O=[N+]([O-])c1ccc(CNCc2ccc(S(=O)(=O)N3CCCC3)cc2)cc1. The van der Waals surface area contributed by atoms with E-state index in [1.807, 2.05) is 12.1 Å². The van der Waals surface area contributed by atoms with Gasteiger partial charge in [0.15, 0.2) is 0 Å². The van der Waals surface area contributed by atoms with Crippen LogP contribution in [0.4, 0.5) is 5.69 Å². The number of hydrogen-bond donors (Lipinski definition) is 1. The summed E-state index contributed by atoms with van der Waals surface area (Å²) < 4.78 is 26.5. The summed E-state index contributed by atoms with van der Waals surface area (Å²) in [5.41, 5.74) is 2.00. The molecule has 1 fully saturated rings. The monoisotopic (exact) mass is 375 g/mol. The van der Waals surface area contributed by atoms with Gasteiger partial charge in [0.2, 0.25) is 10.0 Å². The highest BCUT2D eigenvalue weighted by Crippen LogP contribution is 2.21. The number of nitro benzene ring substituents is 1. The predicted molar refractivity (Wildman–Crippen MR) is 98.1 cm³/mol. The Kier molecular flexibility index (Phi) is 5.65. The highest BCUT2D eigenvalue weighted by molar-refractivity contribution is 7.89. The third-order valence-electron chi connectivity index (χ3n) is 4.43. The highest BCUT2D eigenvalue weighted by atomic mass is 32.2. The van der Waals surface area contributed by atoms with Crippen LogP contribution < -0.4 is 5.32 Å². The zero-order valence-electron chi connectivity index (χ0n) is 14.3.